The number of aliphatic hydroxyl groups is 2. The second-order valence-corrected chi connectivity index (χ2v) is 31.1. The number of unbranched alkanes of at least 4 members (excludes halogenated alkanes) is 27. The van der Waals surface area contributed by atoms with E-state index < -0.39 is 91.5 Å². The summed E-state index contributed by atoms with van der Waals surface area (Å²) in [5.74, 6) is -1.66. The maximum Gasteiger partial charge on any atom is 0.472 e. The predicted molar refractivity (Wildman–Crippen MR) is 463 cm³/mol. The maximum atomic E-state index is 13.0. The Morgan fingerprint density at radius 1 is 0.252 bits per heavy atom. The molecule has 0 saturated carbocycles. The first-order chi connectivity index (χ1) is 54.2. The topological polar surface area (TPSA) is 231 Å². The van der Waals surface area contributed by atoms with Gasteiger partial charge in [0.05, 0.1) is 26.4 Å². The van der Waals surface area contributed by atoms with Crippen LogP contribution in [0.2, 0.25) is 0 Å². The number of phosphoric acid groups is 2. The van der Waals surface area contributed by atoms with Crippen molar-refractivity contribution in [3.8, 4) is 0 Å². The Morgan fingerprint density at radius 3 is 0.739 bits per heavy atom. The van der Waals surface area contributed by atoms with Gasteiger partial charge in [0.1, 0.15) is 25.4 Å². The molecule has 5 unspecified atom stereocenters. The molecule has 0 aromatic heterocycles. The fourth-order valence-corrected chi connectivity index (χ4v) is 12.8. The van der Waals surface area contributed by atoms with Gasteiger partial charge in [0.15, 0.2) is 6.10 Å². The van der Waals surface area contributed by atoms with E-state index in [4.69, 9.17) is 32.3 Å². The predicted octanol–water partition coefficient (Wildman–Crippen LogP) is 26.1. The van der Waals surface area contributed by atoms with Crippen LogP contribution in [0.4, 0.5) is 0 Å². The molecule has 16 nitrogen and oxygen atoms in total. The van der Waals surface area contributed by atoms with Crippen LogP contribution in [0.5, 0.6) is 0 Å². The van der Waals surface area contributed by atoms with Crippen LogP contribution < -0.4 is 0 Å². The van der Waals surface area contributed by atoms with Crippen LogP contribution in [0.1, 0.15) is 329 Å². The molecule has 0 fully saturated rings. The summed E-state index contributed by atoms with van der Waals surface area (Å²) in [4.78, 5) is 58.8. The average Bonchev–Trinajstić information content (AvgIpc) is 0.901. The van der Waals surface area contributed by atoms with Crippen molar-refractivity contribution in [3.63, 3.8) is 0 Å². The fourth-order valence-electron chi connectivity index (χ4n) is 11.2. The number of esters is 3. The van der Waals surface area contributed by atoms with Crippen molar-refractivity contribution in [2.75, 3.05) is 39.6 Å². The van der Waals surface area contributed by atoms with Gasteiger partial charge in [-0.1, -0.05) is 344 Å². The number of ether oxygens (including phenoxy) is 3. The molecule has 0 radical (unpaired) electrons. The van der Waals surface area contributed by atoms with Crippen LogP contribution in [0.3, 0.4) is 0 Å². The Bertz CT molecular complexity index is 2750. The Morgan fingerprint density at radius 2 is 0.459 bits per heavy atom. The third-order valence-electron chi connectivity index (χ3n) is 17.6. The monoisotopic (exact) mass is 1590 g/mol. The summed E-state index contributed by atoms with van der Waals surface area (Å²) in [5.41, 5.74) is 0. The van der Waals surface area contributed by atoms with Crippen LogP contribution in [0.25, 0.3) is 0 Å². The van der Waals surface area contributed by atoms with Crippen molar-refractivity contribution in [2.45, 2.75) is 347 Å². The number of phosphoric ester groups is 2. The third-order valence-corrected chi connectivity index (χ3v) is 19.5. The number of aliphatic hydroxyl groups excluding tert-OH is 2. The molecule has 0 amide bonds. The highest BCUT2D eigenvalue weighted by Gasteiger charge is 2.29. The van der Waals surface area contributed by atoms with E-state index in [-0.39, 0.29) is 19.3 Å². The lowest BCUT2D eigenvalue weighted by atomic mass is 10.0. The highest BCUT2D eigenvalue weighted by Crippen LogP contribution is 2.45. The van der Waals surface area contributed by atoms with Crippen molar-refractivity contribution in [1.29, 1.82) is 0 Å². The first-order valence-corrected chi connectivity index (χ1v) is 46.1. The Hall–Kier alpha value is -5.35. The second kappa shape index (κ2) is 84.1. The molecule has 0 heterocycles. The highest BCUT2D eigenvalue weighted by molar-refractivity contribution is 7.47. The van der Waals surface area contributed by atoms with E-state index in [9.17, 15) is 43.5 Å². The normalized spacial score (nSPS) is 14.8. The molecule has 0 aromatic carbocycles. The Labute approximate surface area is 675 Å². The van der Waals surface area contributed by atoms with E-state index >= 15 is 0 Å². The van der Waals surface area contributed by atoms with E-state index in [0.717, 1.165) is 161 Å². The van der Waals surface area contributed by atoms with Gasteiger partial charge in [0.25, 0.3) is 0 Å². The molecular formula is C93H154O16P2. The van der Waals surface area contributed by atoms with Gasteiger partial charge in [-0.25, -0.2) is 9.13 Å². The zero-order chi connectivity index (χ0) is 80.8. The zero-order valence-corrected chi connectivity index (χ0v) is 71.1. The first-order valence-electron chi connectivity index (χ1n) is 43.1. The Balaban J connectivity index is 4.50. The van der Waals surface area contributed by atoms with Crippen molar-refractivity contribution < 1.29 is 75.8 Å². The smallest absolute Gasteiger partial charge is 0.463 e. The molecule has 0 rings (SSSR count). The van der Waals surface area contributed by atoms with Gasteiger partial charge in [-0.15, -0.1) is 0 Å². The zero-order valence-electron chi connectivity index (χ0n) is 69.3. The minimum atomic E-state index is -4.96. The van der Waals surface area contributed by atoms with Gasteiger partial charge < -0.3 is 34.2 Å². The average molecular weight is 1590 g/mol. The van der Waals surface area contributed by atoms with E-state index in [2.05, 4.69) is 191 Å². The quantitative estimate of drug-likeness (QED) is 0.0146. The molecule has 632 valence electrons. The number of allylic oxidation sites excluding steroid dienone is 30. The summed E-state index contributed by atoms with van der Waals surface area (Å²) in [6.45, 7) is 2.27. The molecule has 4 N–H and O–H groups in total. The van der Waals surface area contributed by atoms with Crippen molar-refractivity contribution in [3.05, 3.63) is 182 Å². The van der Waals surface area contributed by atoms with Crippen LogP contribution in [-0.2, 0) is 55.8 Å². The standard InChI is InChI=1S/C93H154O16P2/c1-4-7-10-13-16-19-22-25-28-31-33-35-37-38-39-40-41-42-43-44-45-46-47-48-50-52-53-56-58-61-64-67-70-73-76-79-91(96)103-82-88(94)83-105-110(99,100)106-84-89(95)85-107-111(101,102)108-87-90(109-93(98)81-78-75-72-69-66-63-60-55-30-27-24-21-18-15-12-9-6-3)86-104-92(97)80-77-74-71-68-65-62-59-57-54-51-49-36-34-32-29-26-23-20-17-14-11-8-5-2/h7-12,16-21,25-30,33-36,38-39,51,54,60,63,69,72,88-90,94-95H,4-6,13-15,22-24,31-32,37,40-50,52-53,55-59,61-62,64-68,70-71,73-87H2,1-3H3,(H,99,100)(H,101,102)/b10-7-,11-8-,12-9-,19-16-,20-17-,21-18-,28-25-,29-26-,30-27-,35-33-,36-34-,39-38-,54-51-,63-60-,72-69-. The largest absolute Gasteiger partial charge is 0.472 e. The molecule has 0 saturated heterocycles. The van der Waals surface area contributed by atoms with Crippen molar-refractivity contribution in [1.82, 2.24) is 0 Å². The van der Waals surface area contributed by atoms with E-state index in [1.165, 1.54) is 103 Å². The number of rotatable bonds is 80. The SMILES string of the molecule is CC/C=C\C/C=C\C/C=C\C/C=C\C/C=C\CCCCCCCCCCCCCCCCCCCCCC(=O)OCC(O)COP(=O)(O)OCC(O)COP(=O)(O)OCC(COC(=O)CCCCCCCCC/C=C\C/C=C\C/C=C\C/C=C\C/C=C\CC)OC(=O)CCC/C=C\C/C=C\C/C=C\C/C=C\C/C=C\CC. The number of hydrogen-bond acceptors (Lipinski definition) is 14. The molecule has 5 atom stereocenters. The summed E-state index contributed by atoms with van der Waals surface area (Å²) in [5, 5.41) is 20.7. The lowest BCUT2D eigenvalue weighted by Gasteiger charge is -2.21. The minimum absolute atomic E-state index is 0.0179. The maximum absolute atomic E-state index is 13.0. The van der Waals surface area contributed by atoms with Crippen LogP contribution in [0.15, 0.2) is 182 Å². The molecule has 0 spiro atoms. The summed E-state index contributed by atoms with van der Waals surface area (Å²) < 4.78 is 61.2. The van der Waals surface area contributed by atoms with Gasteiger partial charge in [0, 0.05) is 19.3 Å². The summed E-state index contributed by atoms with van der Waals surface area (Å²) in [6.07, 6.45) is 110. The van der Waals surface area contributed by atoms with Crippen LogP contribution in [0, 0.1) is 0 Å². The summed E-state index contributed by atoms with van der Waals surface area (Å²) in [6, 6.07) is 0. The van der Waals surface area contributed by atoms with Crippen LogP contribution in [-0.4, -0.2) is 95.9 Å². The molecule has 0 aliphatic rings. The van der Waals surface area contributed by atoms with E-state index in [1.54, 1.807) is 0 Å². The van der Waals surface area contributed by atoms with Gasteiger partial charge in [-0.05, 0) is 148 Å². The van der Waals surface area contributed by atoms with E-state index in [1.807, 2.05) is 12.2 Å². The van der Waals surface area contributed by atoms with Crippen molar-refractivity contribution >= 4 is 33.6 Å². The molecule has 0 aromatic rings. The third kappa shape index (κ3) is 85.4. The van der Waals surface area contributed by atoms with E-state index in [0.29, 0.717) is 25.7 Å². The minimum Gasteiger partial charge on any atom is -0.463 e. The molecule has 0 aliphatic heterocycles. The molecule has 0 aliphatic carbocycles. The van der Waals surface area contributed by atoms with Crippen molar-refractivity contribution in [2.24, 2.45) is 0 Å². The van der Waals surface area contributed by atoms with Gasteiger partial charge >= 0.3 is 33.6 Å². The van der Waals surface area contributed by atoms with Crippen LogP contribution >= 0.6 is 15.6 Å². The van der Waals surface area contributed by atoms with Gasteiger partial charge in [-0.2, -0.15) is 0 Å². The molecule has 0 bridgehead atoms. The first kappa shape index (κ1) is 106. The lowest BCUT2D eigenvalue weighted by molar-refractivity contribution is -0.161. The molecule has 111 heavy (non-hydrogen) atoms. The molecular weight excluding hydrogens is 1430 g/mol. The lowest BCUT2D eigenvalue weighted by Crippen LogP contribution is -2.30. The molecule has 18 heteroatoms. The van der Waals surface area contributed by atoms with Gasteiger partial charge in [-0.3, -0.25) is 32.5 Å². The Kier molecular flexibility index (Phi) is 80.0. The summed E-state index contributed by atoms with van der Waals surface area (Å²) in [7, 11) is -9.83. The van der Waals surface area contributed by atoms with Gasteiger partial charge in [0.2, 0.25) is 0 Å². The summed E-state index contributed by atoms with van der Waals surface area (Å²) >= 11 is 0. The second-order valence-electron chi connectivity index (χ2n) is 28.2. The number of carbonyl (C=O) groups excluding carboxylic acids is 3. The fraction of sp³-hybridized carbons (Fsp3) is 0.645. The highest BCUT2D eigenvalue weighted by atomic mass is 31.2. The number of carbonyl (C=O) groups is 3. The number of hydrogen-bond donors (Lipinski definition) is 4.